The topological polar surface area (TPSA) is 94.3 Å². The van der Waals surface area contributed by atoms with Crippen molar-refractivity contribution < 1.29 is 14.4 Å². The summed E-state index contributed by atoms with van der Waals surface area (Å²) in [6.07, 6.45) is 1.26. The van der Waals surface area contributed by atoms with E-state index in [1.165, 1.54) is 0 Å². The van der Waals surface area contributed by atoms with Crippen LogP contribution in [0, 0.1) is 11.8 Å². The van der Waals surface area contributed by atoms with Gasteiger partial charge < -0.3 is 20.5 Å². The quantitative estimate of drug-likeness (QED) is 0.472. The van der Waals surface area contributed by atoms with Gasteiger partial charge in [-0.3, -0.25) is 14.4 Å². The van der Waals surface area contributed by atoms with Crippen LogP contribution in [0.5, 0.6) is 0 Å². The van der Waals surface area contributed by atoms with Gasteiger partial charge in [-0.1, -0.05) is 64.1 Å². The number of hydrogen-bond acceptors (Lipinski definition) is 3. The van der Waals surface area contributed by atoms with Crippen molar-refractivity contribution in [2.24, 2.45) is 11.8 Å². The Hall–Kier alpha value is -3.61. The third-order valence-electron chi connectivity index (χ3n) is 7.42. The van der Waals surface area contributed by atoms with E-state index in [2.05, 4.69) is 35.5 Å². The van der Waals surface area contributed by atoms with E-state index < -0.39 is 12.1 Å². The SMILES string of the molecule is CC(C)CCNC(=O)[C@@H](NC(=O)[C@@H]1Cc2c([nH]c3ccccc23)[C@@H]2c3ccccc3C(=O)N21)C(C)C. The van der Waals surface area contributed by atoms with Crippen LogP contribution in [0.15, 0.2) is 48.5 Å². The summed E-state index contributed by atoms with van der Waals surface area (Å²) in [6.45, 7) is 8.63. The van der Waals surface area contributed by atoms with Gasteiger partial charge >= 0.3 is 0 Å². The van der Waals surface area contributed by atoms with Crippen molar-refractivity contribution in [3.8, 4) is 0 Å². The van der Waals surface area contributed by atoms with Crippen molar-refractivity contribution >= 4 is 28.6 Å². The standard InChI is InChI=1S/C29H34N4O3/c1-16(2)13-14-30-28(35)24(17(3)4)32-27(34)23-15-21-18-9-7-8-12-22(18)31-25(21)26-19-10-5-6-11-20(19)29(36)33(23)26/h5-12,16-17,23-24,26,31H,13-15H2,1-4H3,(H,30,35)(H,32,34)/t23-,24-,26-/m0/s1. The summed E-state index contributed by atoms with van der Waals surface area (Å²) in [5.41, 5.74) is 4.53. The van der Waals surface area contributed by atoms with Crippen molar-refractivity contribution in [1.82, 2.24) is 20.5 Å². The number of carbonyl (C=O) groups is 3. The normalized spacial score (nSPS) is 19.3. The highest BCUT2D eigenvalue weighted by molar-refractivity contribution is 6.04. The lowest BCUT2D eigenvalue weighted by Crippen LogP contribution is -2.57. The molecule has 0 spiro atoms. The summed E-state index contributed by atoms with van der Waals surface area (Å²) in [6, 6.07) is 13.9. The molecule has 3 N–H and O–H groups in total. The van der Waals surface area contributed by atoms with E-state index in [1.807, 2.05) is 56.3 Å². The van der Waals surface area contributed by atoms with Gasteiger partial charge in [-0.15, -0.1) is 0 Å². The van der Waals surface area contributed by atoms with Crippen molar-refractivity contribution in [1.29, 1.82) is 0 Å². The first-order valence-corrected chi connectivity index (χ1v) is 12.9. The third-order valence-corrected chi connectivity index (χ3v) is 7.42. The zero-order valence-electron chi connectivity index (χ0n) is 21.3. The molecule has 0 fully saturated rings. The van der Waals surface area contributed by atoms with Crippen LogP contribution in [0.25, 0.3) is 10.9 Å². The molecular weight excluding hydrogens is 452 g/mol. The van der Waals surface area contributed by atoms with Crippen LogP contribution >= 0.6 is 0 Å². The number of carbonyl (C=O) groups excluding carboxylic acids is 3. The molecule has 3 amide bonds. The van der Waals surface area contributed by atoms with Gasteiger partial charge in [-0.25, -0.2) is 0 Å². The molecular formula is C29H34N4O3. The average Bonchev–Trinajstić information content (AvgIpc) is 3.37. The van der Waals surface area contributed by atoms with Gasteiger partial charge in [-0.05, 0) is 41.5 Å². The molecule has 0 saturated carbocycles. The number of aromatic amines is 1. The van der Waals surface area contributed by atoms with Gasteiger partial charge in [0.15, 0.2) is 0 Å². The number of fused-ring (bicyclic) bond motifs is 7. The fourth-order valence-electron chi connectivity index (χ4n) is 5.52. The Morgan fingerprint density at radius 3 is 2.53 bits per heavy atom. The molecule has 2 aliphatic heterocycles. The van der Waals surface area contributed by atoms with Gasteiger partial charge in [0.1, 0.15) is 12.1 Å². The number of H-pyrrole nitrogens is 1. The summed E-state index contributed by atoms with van der Waals surface area (Å²) in [7, 11) is 0. The van der Waals surface area contributed by atoms with Crippen molar-refractivity contribution in [2.45, 2.75) is 58.7 Å². The summed E-state index contributed by atoms with van der Waals surface area (Å²) in [5, 5.41) is 7.03. The molecule has 0 unspecified atom stereocenters. The predicted octanol–water partition coefficient (Wildman–Crippen LogP) is 3.94. The van der Waals surface area contributed by atoms with Crippen LogP contribution < -0.4 is 10.6 Å². The predicted molar refractivity (Wildman–Crippen MR) is 139 cm³/mol. The Kier molecular flexibility index (Phi) is 6.33. The minimum absolute atomic E-state index is 0.0949. The number of para-hydroxylation sites is 1. The second-order valence-electron chi connectivity index (χ2n) is 10.7. The number of benzene rings is 2. The molecule has 3 aromatic rings. The van der Waals surface area contributed by atoms with Crippen molar-refractivity contribution in [3.05, 3.63) is 70.9 Å². The van der Waals surface area contributed by atoms with E-state index in [-0.39, 0.29) is 29.7 Å². The lowest BCUT2D eigenvalue weighted by Gasteiger charge is -2.38. The highest BCUT2D eigenvalue weighted by atomic mass is 16.2. The largest absolute Gasteiger partial charge is 0.356 e. The number of nitrogens with zero attached hydrogens (tertiary/aromatic N) is 1. The Morgan fingerprint density at radius 1 is 1.06 bits per heavy atom. The first-order valence-electron chi connectivity index (χ1n) is 12.9. The van der Waals surface area contributed by atoms with E-state index in [1.54, 1.807) is 4.90 Å². The second-order valence-corrected chi connectivity index (χ2v) is 10.7. The molecule has 1 aromatic heterocycles. The molecule has 2 aromatic carbocycles. The van der Waals surface area contributed by atoms with Crippen LogP contribution in [0.1, 0.15) is 67.3 Å². The number of hydrogen-bond donors (Lipinski definition) is 3. The maximum absolute atomic E-state index is 13.8. The Labute approximate surface area is 211 Å². The molecule has 188 valence electrons. The molecule has 0 aliphatic carbocycles. The summed E-state index contributed by atoms with van der Waals surface area (Å²) >= 11 is 0. The molecule has 0 radical (unpaired) electrons. The van der Waals surface area contributed by atoms with E-state index >= 15 is 0 Å². The Morgan fingerprint density at radius 2 is 1.78 bits per heavy atom. The fraction of sp³-hybridized carbons (Fsp3) is 0.414. The molecule has 3 atom stereocenters. The van der Waals surface area contributed by atoms with E-state index in [0.717, 1.165) is 34.1 Å². The monoisotopic (exact) mass is 486 g/mol. The first-order chi connectivity index (χ1) is 17.3. The maximum atomic E-state index is 13.8. The summed E-state index contributed by atoms with van der Waals surface area (Å²) in [4.78, 5) is 45.6. The van der Waals surface area contributed by atoms with Gasteiger partial charge in [-0.2, -0.15) is 0 Å². The summed E-state index contributed by atoms with van der Waals surface area (Å²) in [5.74, 6) is -0.250. The maximum Gasteiger partial charge on any atom is 0.255 e. The van der Waals surface area contributed by atoms with Gasteiger partial charge in [0.25, 0.3) is 5.91 Å². The summed E-state index contributed by atoms with van der Waals surface area (Å²) < 4.78 is 0. The van der Waals surface area contributed by atoms with Crippen LogP contribution in [0.2, 0.25) is 0 Å². The molecule has 0 bridgehead atoms. The van der Waals surface area contributed by atoms with E-state index in [0.29, 0.717) is 24.4 Å². The van der Waals surface area contributed by atoms with Crippen molar-refractivity contribution in [2.75, 3.05) is 6.54 Å². The molecule has 3 heterocycles. The van der Waals surface area contributed by atoms with Crippen LogP contribution in [0.3, 0.4) is 0 Å². The van der Waals surface area contributed by atoms with Crippen LogP contribution in [0.4, 0.5) is 0 Å². The zero-order valence-corrected chi connectivity index (χ0v) is 21.3. The molecule has 7 heteroatoms. The van der Waals surface area contributed by atoms with E-state index in [9.17, 15) is 14.4 Å². The number of rotatable bonds is 7. The zero-order chi connectivity index (χ0) is 25.6. The highest BCUT2D eigenvalue weighted by Crippen LogP contribution is 2.46. The Bertz CT molecular complexity index is 1330. The Balaban J connectivity index is 1.49. The number of amides is 3. The third kappa shape index (κ3) is 4.06. The smallest absolute Gasteiger partial charge is 0.255 e. The lowest BCUT2D eigenvalue weighted by atomic mass is 9.89. The fourth-order valence-corrected chi connectivity index (χ4v) is 5.52. The molecule has 5 rings (SSSR count). The number of nitrogens with one attached hydrogen (secondary N) is 3. The number of aromatic nitrogens is 1. The lowest BCUT2D eigenvalue weighted by molar-refractivity contribution is -0.132. The molecule has 36 heavy (non-hydrogen) atoms. The first kappa shape index (κ1) is 24.1. The molecule has 0 saturated heterocycles. The molecule has 2 aliphatic rings. The second kappa shape index (κ2) is 9.45. The van der Waals surface area contributed by atoms with E-state index in [4.69, 9.17) is 0 Å². The van der Waals surface area contributed by atoms with Gasteiger partial charge in [0.2, 0.25) is 11.8 Å². The molecule has 7 nitrogen and oxygen atoms in total. The van der Waals surface area contributed by atoms with Crippen LogP contribution in [-0.4, -0.2) is 46.2 Å². The minimum atomic E-state index is -0.716. The average molecular weight is 487 g/mol. The van der Waals surface area contributed by atoms with Crippen LogP contribution in [-0.2, 0) is 16.0 Å². The van der Waals surface area contributed by atoms with Gasteiger partial charge in [0.05, 0.1) is 6.04 Å². The highest BCUT2D eigenvalue weighted by Gasteiger charge is 2.49. The minimum Gasteiger partial charge on any atom is -0.356 e. The van der Waals surface area contributed by atoms with Gasteiger partial charge in [0, 0.05) is 35.1 Å². The van der Waals surface area contributed by atoms with Crippen molar-refractivity contribution in [3.63, 3.8) is 0 Å².